The van der Waals surface area contributed by atoms with E-state index in [2.05, 4.69) is 5.32 Å². The fourth-order valence-corrected chi connectivity index (χ4v) is 2.64. The molecule has 110 valence electrons. The molecule has 2 rings (SSSR count). The van der Waals surface area contributed by atoms with E-state index in [0.29, 0.717) is 12.1 Å². The minimum atomic E-state index is -0.440. The zero-order chi connectivity index (χ0) is 14.5. The van der Waals surface area contributed by atoms with Crippen LogP contribution in [0.5, 0.6) is 5.75 Å². The molecule has 1 saturated carbocycles. The molecule has 0 saturated heterocycles. The summed E-state index contributed by atoms with van der Waals surface area (Å²) in [4.78, 5) is 10.4. The SMILES string of the molecule is COc1cc(NC2CCCC(OC)C2)ccc1[N+](=O)[O-]. The standard InChI is InChI=1S/C14H20N2O4/c1-19-12-5-3-4-10(8-12)15-11-6-7-13(16(17)18)14(9-11)20-2/h6-7,9-10,12,15H,3-5,8H2,1-2H3. The Morgan fingerprint density at radius 1 is 1.35 bits per heavy atom. The van der Waals surface area contributed by atoms with Crippen molar-refractivity contribution in [2.45, 2.75) is 37.8 Å². The Morgan fingerprint density at radius 2 is 2.15 bits per heavy atom. The van der Waals surface area contributed by atoms with E-state index in [4.69, 9.17) is 9.47 Å². The highest BCUT2D eigenvalue weighted by Crippen LogP contribution is 2.31. The van der Waals surface area contributed by atoms with E-state index in [0.717, 1.165) is 31.4 Å². The molecule has 0 bridgehead atoms. The molecular formula is C14H20N2O4. The van der Waals surface area contributed by atoms with E-state index in [1.54, 1.807) is 19.2 Å². The lowest BCUT2D eigenvalue weighted by Crippen LogP contribution is -2.30. The molecule has 2 unspecified atom stereocenters. The van der Waals surface area contributed by atoms with Crippen molar-refractivity contribution in [1.82, 2.24) is 0 Å². The molecule has 20 heavy (non-hydrogen) atoms. The Labute approximate surface area is 118 Å². The Bertz CT molecular complexity index is 478. The lowest BCUT2D eigenvalue weighted by atomic mass is 9.92. The number of benzene rings is 1. The highest BCUT2D eigenvalue weighted by atomic mass is 16.6. The number of ether oxygens (including phenoxy) is 2. The van der Waals surface area contributed by atoms with Gasteiger partial charge in [0.2, 0.25) is 0 Å². The summed E-state index contributed by atoms with van der Waals surface area (Å²) < 4.78 is 10.5. The van der Waals surface area contributed by atoms with Gasteiger partial charge in [0.05, 0.1) is 18.1 Å². The van der Waals surface area contributed by atoms with Gasteiger partial charge in [-0.25, -0.2) is 0 Å². The quantitative estimate of drug-likeness (QED) is 0.663. The summed E-state index contributed by atoms with van der Waals surface area (Å²) in [6.07, 6.45) is 4.55. The minimum Gasteiger partial charge on any atom is -0.490 e. The average molecular weight is 280 g/mol. The molecule has 1 aliphatic rings. The molecule has 6 nitrogen and oxygen atoms in total. The van der Waals surface area contributed by atoms with Crippen molar-refractivity contribution < 1.29 is 14.4 Å². The van der Waals surface area contributed by atoms with E-state index in [-0.39, 0.29) is 11.4 Å². The van der Waals surface area contributed by atoms with Crippen LogP contribution in [-0.2, 0) is 4.74 Å². The molecule has 0 amide bonds. The van der Waals surface area contributed by atoms with Gasteiger partial charge in [0.1, 0.15) is 0 Å². The van der Waals surface area contributed by atoms with E-state index in [1.807, 2.05) is 0 Å². The second kappa shape index (κ2) is 6.56. The first-order valence-corrected chi connectivity index (χ1v) is 6.75. The highest BCUT2D eigenvalue weighted by molar-refractivity contribution is 5.58. The fourth-order valence-electron chi connectivity index (χ4n) is 2.64. The number of methoxy groups -OCH3 is 2. The summed E-state index contributed by atoms with van der Waals surface area (Å²) in [7, 11) is 3.18. The third kappa shape index (κ3) is 3.39. The Morgan fingerprint density at radius 3 is 2.80 bits per heavy atom. The Hall–Kier alpha value is -1.82. The van der Waals surface area contributed by atoms with E-state index in [1.165, 1.54) is 13.2 Å². The van der Waals surface area contributed by atoms with Crippen molar-refractivity contribution in [1.29, 1.82) is 0 Å². The molecule has 1 N–H and O–H groups in total. The summed E-state index contributed by atoms with van der Waals surface area (Å²) in [6.45, 7) is 0. The van der Waals surface area contributed by atoms with Gasteiger partial charge in [-0.05, 0) is 31.7 Å². The molecule has 6 heteroatoms. The van der Waals surface area contributed by atoms with E-state index >= 15 is 0 Å². The number of hydrogen-bond acceptors (Lipinski definition) is 5. The molecule has 0 heterocycles. The van der Waals surface area contributed by atoms with E-state index < -0.39 is 4.92 Å². The topological polar surface area (TPSA) is 73.6 Å². The van der Waals surface area contributed by atoms with E-state index in [9.17, 15) is 10.1 Å². The van der Waals surface area contributed by atoms with Crippen LogP contribution in [0.15, 0.2) is 18.2 Å². The van der Waals surface area contributed by atoms with Crippen LogP contribution < -0.4 is 10.1 Å². The Kier molecular flexibility index (Phi) is 4.79. The van der Waals surface area contributed by atoms with Crippen molar-refractivity contribution in [2.75, 3.05) is 19.5 Å². The van der Waals surface area contributed by atoms with Crippen molar-refractivity contribution in [3.63, 3.8) is 0 Å². The smallest absolute Gasteiger partial charge is 0.311 e. The van der Waals surface area contributed by atoms with Gasteiger partial charge >= 0.3 is 5.69 Å². The van der Waals surface area contributed by atoms with Crippen LogP contribution >= 0.6 is 0 Å². The number of nitrogens with one attached hydrogen (secondary N) is 1. The number of nitrogens with zero attached hydrogens (tertiary/aromatic N) is 1. The maximum Gasteiger partial charge on any atom is 0.311 e. The first-order chi connectivity index (χ1) is 9.63. The third-order valence-corrected chi connectivity index (χ3v) is 3.71. The summed E-state index contributed by atoms with van der Waals surface area (Å²) in [5.74, 6) is 0.277. The van der Waals surface area contributed by atoms with Crippen molar-refractivity contribution in [2.24, 2.45) is 0 Å². The number of nitro groups is 1. The second-order valence-corrected chi connectivity index (χ2v) is 5.01. The van der Waals surface area contributed by atoms with Gasteiger partial charge < -0.3 is 14.8 Å². The van der Waals surface area contributed by atoms with Crippen LogP contribution in [0.4, 0.5) is 11.4 Å². The molecule has 0 aromatic heterocycles. The minimum absolute atomic E-state index is 0.0172. The predicted molar refractivity (Wildman–Crippen MR) is 76.3 cm³/mol. The van der Waals surface area contributed by atoms with Crippen LogP contribution in [0.2, 0.25) is 0 Å². The van der Waals surface area contributed by atoms with Gasteiger partial charge in [0, 0.05) is 31.0 Å². The van der Waals surface area contributed by atoms with Crippen LogP contribution in [0.1, 0.15) is 25.7 Å². The third-order valence-electron chi connectivity index (χ3n) is 3.71. The number of rotatable bonds is 5. The molecule has 1 fully saturated rings. The second-order valence-electron chi connectivity index (χ2n) is 5.01. The van der Waals surface area contributed by atoms with Gasteiger partial charge in [0.25, 0.3) is 0 Å². The zero-order valence-corrected chi connectivity index (χ0v) is 11.8. The predicted octanol–water partition coefficient (Wildman–Crippen LogP) is 2.97. The monoisotopic (exact) mass is 280 g/mol. The lowest BCUT2D eigenvalue weighted by molar-refractivity contribution is -0.385. The molecule has 1 aromatic carbocycles. The maximum absolute atomic E-state index is 10.9. The van der Waals surface area contributed by atoms with Gasteiger partial charge in [-0.2, -0.15) is 0 Å². The molecular weight excluding hydrogens is 260 g/mol. The van der Waals surface area contributed by atoms with Gasteiger partial charge in [0.15, 0.2) is 5.75 Å². The van der Waals surface area contributed by atoms with Gasteiger partial charge in [-0.1, -0.05) is 0 Å². The highest BCUT2D eigenvalue weighted by Gasteiger charge is 2.22. The molecule has 0 aliphatic heterocycles. The van der Waals surface area contributed by atoms with Crippen molar-refractivity contribution >= 4 is 11.4 Å². The first kappa shape index (κ1) is 14.6. The maximum atomic E-state index is 10.9. The summed E-state index contributed by atoms with van der Waals surface area (Å²) >= 11 is 0. The summed E-state index contributed by atoms with van der Waals surface area (Å²) in [5, 5.41) is 14.3. The number of nitro benzene ring substituents is 1. The number of hydrogen-bond donors (Lipinski definition) is 1. The largest absolute Gasteiger partial charge is 0.490 e. The molecule has 2 atom stereocenters. The van der Waals surface area contributed by atoms with Crippen LogP contribution in [0.3, 0.4) is 0 Å². The normalized spacial score (nSPS) is 22.3. The van der Waals surface area contributed by atoms with Crippen LogP contribution in [0.25, 0.3) is 0 Å². The summed E-state index contributed by atoms with van der Waals surface area (Å²) in [5.41, 5.74) is 0.825. The first-order valence-electron chi connectivity index (χ1n) is 6.75. The van der Waals surface area contributed by atoms with Crippen LogP contribution in [-0.4, -0.2) is 31.3 Å². The fraction of sp³-hybridized carbons (Fsp3) is 0.571. The summed E-state index contributed by atoms with van der Waals surface area (Å²) in [6, 6.07) is 5.20. The number of anilines is 1. The molecule has 0 spiro atoms. The Balaban J connectivity index is 2.07. The zero-order valence-electron chi connectivity index (χ0n) is 11.8. The van der Waals surface area contributed by atoms with Crippen LogP contribution in [0, 0.1) is 10.1 Å². The average Bonchev–Trinajstić information content (AvgIpc) is 2.47. The van der Waals surface area contributed by atoms with Gasteiger partial charge in [-0.15, -0.1) is 0 Å². The molecule has 0 radical (unpaired) electrons. The lowest BCUT2D eigenvalue weighted by Gasteiger charge is -2.29. The van der Waals surface area contributed by atoms with Gasteiger partial charge in [-0.3, -0.25) is 10.1 Å². The van der Waals surface area contributed by atoms with Crippen molar-refractivity contribution in [3.05, 3.63) is 28.3 Å². The van der Waals surface area contributed by atoms with Crippen molar-refractivity contribution in [3.8, 4) is 5.75 Å². The molecule has 1 aromatic rings. The molecule has 1 aliphatic carbocycles.